The van der Waals surface area contributed by atoms with Crippen molar-refractivity contribution in [3.63, 3.8) is 0 Å². The Morgan fingerprint density at radius 1 is 1.45 bits per heavy atom. The van der Waals surface area contributed by atoms with Crippen molar-refractivity contribution in [3.05, 3.63) is 18.0 Å². The number of carbonyl (C=O) groups is 1. The molecule has 112 valence electrons. The molecule has 0 unspecified atom stereocenters. The predicted molar refractivity (Wildman–Crippen MR) is 80.0 cm³/mol. The first kappa shape index (κ1) is 15.1. The van der Waals surface area contributed by atoms with Crippen molar-refractivity contribution in [3.8, 4) is 0 Å². The number of aromatic nitrogens is 2. The molecule has 1 aliphatic rings. The van der Waals surface area contributed by atoms with Gasteiger partial charge in [-0.25, -0.2) is 0 Å². The average Bonchev–Trinajstić information content (AvgIpc) is 2.88. The molecule has 1 heterocycles. The van der Waals surface area contributed by atoms with Crippen LogP contribution in [0.1, 0.15) is 58.9 Å². The van der Waals surface area contributed by atoms with Crippen molar-refractivity contribution in [2.45, 2.75) is 59.9 Å². The van der Waals surface area contributed by atoms with Crippen LogP contribution in [0, 0.1) is 16.7 Å². The van der Waals surface area contributed by atoms with Gasteiger partial charge in [-0.15, -0.1) is 0 Å². The Balaban J connectivity index is 1.83. The molecule has 1 fully saturated rings. The summed E-state index contributed by atoms with van der Waals surface area (Å²) in [5, 5.41) is 9.66. The molecule has 2 N–H and O–H groups in total. The summed E-state index contributed by atoms with van der Waals surface area (Å²) in [4.78, 5) is 12.2. The quantitative estimate of drug-likeness (QED) is 0.891. The first-order valence-corrected chi connectivity index (χ1v) is 7.57. The molecule has 0 saturated heterocycles. The van der Waals surface area contributed by atoms with E-state index in [-0.39, 0.29) is 11.8 Å². The van der Waals surface area contributed by atoms with E-state index in [1.807, 2.05) is 6.20 Å². The highest BCUT2D eigenvalue weighted by Crippen LogP contribution is 2.50. The third-order valence-electron chi connectivity index (χ3n) is 5.29. The molecular weight excluding hydrogens is 250 g/mol. The fourth-order valence-electron chi connectivity index (χ4n) is 2.97. The first-order valence-electron chi connectivity index (χ1n) is 7.57. The number of hydrogen-bond acceptors (Lipinski definition) is 2. The molecule has 1 saturated carbocycles. The topological polar surface area (TPSA) is 57.8 Å². The van der Waals surface area contributed by atoms with Gasteiger partial charge in [-0.05, 0) is 36.5 Å². The zero-order valence-electron chi connectivity index (χ0n) is 13.1. The SMILES string of the molecule is CC(C)(C)C1(C)CCC(C(=O)NCc2cn[nH]c2)CC1. The second-order valence-electron chi connectivity index (χ2n) is 7.41. The van der Waals surface area contributed by atoms with Crippen LogP contribution in [0.15, 0.2) is 12.4 Å². The van der Waals surface area contributed by atoms with Crippen molar-refractivity contribution < 1.29 is 4.79 Å². The molecule has 2 rings (SSSR count). The molecule has 0 aliphatic heterocycles. The number of H-pyrrole nitrogens is 1. The van der Waals surface area contributed by atoms with E-state index < -0.39 is 0 Å². The Labute approximate surface area is 121 Å². The largest absolute Gasteiger partial charge is 0.352 e. The summed E-state index contributed by atoms with van der Waals surface area (Å²) >= 11 is 0. The zero-order chi connectivity index (χ0) is 14.8. The van der Waals surface area contributed by atoms with Crippen molar-refractivity contribution in [2.75, 3.05) is 0 Å². The van der Waals surface area contributed by atoms with Gasteiger partial charge in [0, 0.05) is 24.2 Å². The van der Waals surface area contributed by atoms with Crippen LogP contribution in [0.3, 0.4) is 0 Å². The summed E-state index contributed by atoms with van der Waals surface area (Å²) in [6.45, 7) is 9.87. The maximum Gasteiger partial charge on any atom is 0.223 e. The minimum atomic E-state index is 0.178. The van der Waals surface area contributed by atoms with E-state index in [0.29, 0.717) is 17.4 Å². The lowest BCUT2D eigenvalue weighted by Crippen LogP contribution is -2.40. The Bertz CT molecular complexity index is 437. The highest BCUT2D eigenvalue weighted by molar-refractivity contribution is 5.78. The van der Waals surface area contributed by atoms with Gasteiger partial charge in [-0.3, -0.25) is 9.89 Å². The highest BCUT2D eigenvalue weighted by atomic mass is 16.1. The van der Waals surface area contributed by atoms with Crippen molar-refractivity contribution in [2.24, 2.45) is 16.7 Å². The number of hydrogen-bond donors (Lipinski definition) is 2. The summed E-state index contributed by atoms with van der Waals surface area (Å²) in [6.07, 6.45) is 7.85. The zero-order valence-corrected chi connectivity index (χ0v) is 13.1. The summed E-state index contributed by atoms with van der Waals surface area (Å²) in [5.41, 5.74) is 1.69. The van der Waals surface area contributed by atoms with Gasteiger partial charge in [0.15, 0.2) is 0 Å². The van der Waals surface area contributed by atoms with E-state index in [1.165, 1.54) is 0 Å². The number of rotatable bonds is 3. The van der Waals surface area contributed by atoms with E-state index >= 15 is 0 Å². The van der Waals surface area contributed by atoms with E-state index in [4.69, 9.17) is 0 Å². The second kappa shape index (κ2) is 5.58. The Kier molecular flexibility index (Phi) is 4.21. The van der Waals surface area contributed by atoms with Gasteiger partial charge in [0.05, 0.1) is 6.20 Å². The van der Waals surface area contributed by atoms with Crippen LogP contribution in [-0.4, -0.2) is 16.1 Å². The maximum absolute atomic E-state index is 12.2. The molecule has 0 bridgehead atoms. The van der Waals surface area contributed by atoms with E-state index in [2.05, 4.69) is 43.2 Å². The summed E-state index contributed by atoms with van der Waals surface area (Å²) < 4.78 is 0. The molecule has 20 heavy (non-hydrogen) atoms. The number of aromatic amines is 1. The summed E-state index contributed by atoms with van der Waals surface area (Å²) in [5.74, 6) is 0.375. The predicted octanol–water partition coefficient (Wildman–Crippen LogP) is 3.27. The molecule has 1 amide bonds. The van der Waals surface area contributed by atoms with Gasteiger partial charge < -0.3 is 5.32 Å². The van der Waals surface area contributed by atoms with Gasteiger partial charge in [0.2, 0.25) is 5.91 Å². The van der Waals surface area contributed by atoms with Crippen LogP contribution >= 0.6 is 0 Å². The molecule has 1 aliphatic carbocycles. The van der Waals surface area contributed by atoms with Crippen LogP contribution in [0.2, 0.25) is 0 Å². The number of nitrogens with one attached hydrogen (secondary N) is 2. The molecule has 1 aromatic heterocycles. The lowest BCUT2D eigenvalue weighted by molar-refractivity contribution is -0.127. The lowest BCUT2D eigenvalue weighted by atomic mass is 9.59. The molecule has 0 spiro atoms. The molecule has 4 heteroatoms. The number of amides is 1. The van der Waals surface area contributed by atoms with Gasteiger partial charge >= 0.3 is 0 Å². The smallest absolute Gasteiger partial charge is 0.223 e. The van der Waals surface area contributed by atoms with Crippen LogP contribution in [-0.2, 0) is 11.3 Å². The Morgan fingerprint density at radius 3 is 2.60 bits per heavy atom. The molecule has 0 aromatic carbocycles. The monoisotopic (exact) mass is 277 g/mol. The Morgan fingerprint density at radius 2 is 2.10 bits per heavy atom. The van der Waals surface area contributed by atoms with Crippen LogP contribution in [0.25, 0.3) is 0 Å². The van der Waals surface area contributed by atoms with Crippen LogP contribution < -0.4 is 5.32 Å². The van der Waals surface area contributed by atoms with E-state index in [9.17, 15) is 4.79 Å². The minimum Gasteiger partial charge on any atom is -0.352 e. The maximum atomic E-state index is 12.2. The van der Waals surface area contributed by atoms with Crippen molar-refractivity contribution in [1.29, 1.82) is 0 Å². The third kappa shape index (κ3) is 3.22. The van der Waals surface area contributed by atoms with Crippen LogP contribution in [0.5, 0.6) is 0 Å². The highest BCUT2D eigenvalue weighted by Gasteiger charge is 2.41. The summed E-state index contributed by atoms with van der Waals surface area (Å²) in [6, 6.07) is 0. The molecule has 4 nitrogen and oxygen atoms in total. The molecule has 0 radical (unpaired) electrons. The fourth-order valence-corrected chi connectivity index (χ4v) is 2.97. The number of carbonyl (C=O) groups excluding carboxylic acids is 1. The van der Waals surface area contributed by atoms with Crippen molar-refractivity contribution >= 4 is 5.91 Å². The summed E-state index contributed by atoms with van der Waals surface area (Å²) in [7, 11) is 0. The lowest BCUT2D eigenvalue weighted by Gasteiger charge is -2.46. The van der Waals surface area contributed by atoms with E-state index in [1.54, 1.807) is 6.20 Å². The Hall–Kier alpha value is -1.32. The third-order valence-corrected chi connectivity index (χ3v) is 5.29. The minimum absolute atomic E-state index is 0.178. The fraction of sp³-hybridized carbons (Fsp3) is 0.750. The number of nitrogens with zero attached hydrogens (tertiary/aromatic N) is 1. The average molecular weight is 277 g/mol. The standard InChI is InChI=1S/C16H27N3O/c1-15(2,3)16(4)7-5-13(6-8-16)14(20)17-9-12-10-18-19-11-12/h10-11,13H,5-9H2,1-4H3,(H,17,20)(H,18,19). The first-order chi connectivity index (χ1) is 9.32. The van der Waals surface area contributed by atoms with Crippen LogP contribution in [0.4, 0.5) is 0 Å². The normalized spacial score (nSPS) is 27.3. The van der Waals surface area contributed by atoms with Gasteiger partial charge in [-0.1, -0.05) is 27.7 Å². The second-order valence-corrected chi connectivity index (χ2v) is 7.41. The van der Waals surface area contributed by atoms with Crippen molar-refractivity contribution in [1.82, 2.24) is 15.5 Å². The molecular formula is C16H27N3O. The van der Waals surface area contributed by atoms with E-state index in [0.717, 1.165) is 31.2 Å². The molecule has 1 aromatic rings. The van der Waals surface area contributed by atoms with Gasteiger partial charge in [0.25, 0.3) is 0 Å². The molecule has 0 atom stereocenters. The van der Waals surface area contributed by atoms with Gasteiger partial charge in [-0.2, -0.15) is 5.10 Å². The van der Waals surface area contributed by atoms with Gasteiger partial charge in [0.1, 0.15) is 0 Å².